The molecule has 0 aromatic heterocycles. The number of amides is 3. The quantitative estimate of drug-likeness (QED) is 0.226. The van der Waals surface area contributed by atoms with Crippen LogP contribution in [0.5, 0.6) is 11.5 Å². The number of aromatic hydroxyl groups is 1. The van der Waals surface area contributed by atoms with Gasteiger partial charge in [-0.25, -0.2) is 8.42 Å². The first-order valence-corrected chi connectivity index (χ1v) is 12.7. The average Bonchev–Trinajstić information content (AvgIpc) is 2.93. The molecule has 2 aromatic rings. The van der Waals surface area contributed by atoms with E-state index in [0.29, 0.717) is 0 Å². The number of benzene rings is 2. The summed E-state index contributed by atoms with van der Waals surface area (Å²) in [6.07, 6.45) is 1.01. The minimum Gasteiger partial charge on any atom is -0.504 e. The number of sulfone groups is 1. The van der Waals surface area contributed by atoms with Gasteiger partial charge in [-0.15, -0.1) is 0 Å². The van der Waals surface area contributed by atoms with Crippen LogP contribution in [0.4, 0.5) is 5.69 Å². The maximum Gasteiger partial charge on any atom is 0.265 e. The highest BCUT2D eigenvalue weighted by atomic mass is 127. The highest BCUT2D eigenvalue weighted by Gasteiger charge is 2.51. The first-order chi connectivity index (χ1) is 14.9. The summed E-state index contributed by atoms with van der Waals surface area (Å²) < 4.78 is 28.5. The predicted octanol–water partition coefficient (Wildman–Crippen LogP) is 2.68. The molecule has 0 fully saturated rings. The maximum atomic E-state index is 13.5. The van der Waals surface area contributed by atoms with Crippen LogP contribution in [-0.2, 0) is 18.2 Å². The number of ether oxygens (including phenoxy) is 1. The smallest absolute Gasteiger partial charge is 0.265 e. The number of phenols is 1. The van der Waals surface area contributed by atoms with Gasteiger partial charge in [0.05, 0.1) is 29.2 Å². The van der Waals surface area contributed by atoms with Crippen molar-refractivity contribution in [1.29, 1.82) is 0 Å². The number of alkyl halides is 1. The lowest BCUT2D eigenvalue weighted by Gasteiger charge is -2.35. The number of imide groups is 1. The van der Waals surface area contributed by atoms with E-state index in [9.17, 15) is 27.9 Å². The van der Waals surface area contributed by atoms with Crippen LogP contribution in [0.3, 0.4) is 0 Å². The van der Waals surface area contributed by atoms with Gasteiger partial charge in [0, 0.05) is 13.2 Å². The molecular weight excluding hydrogens is 551 g/mol. The molecule has 1 aliphatic heterocycles. The largest absolute Gasteiger partial charge is 0.504 e. The van der Waals surface area contributed by atoms with E-state index in [1.54, 1.807) is 29.5 Å². The molecule has 0 spiro atoms. The van der Waals surface area contributed by atoms with Gasteiger partial charge in [0.1, 0.15) is 3.55 Å². The second-order valence-corrected chi connectivity index (χ2v) is 11.2. The summed E-state index contributed by atoms with van der Waals surface area (Å²) in [5.41, 5.74) is 0.487. The zero-order chi connectivity index (χ0) is 23.8. The Bertz CT molecular complexity index is 1230. The topological polar surface area (TPSA) is 130 Å². The summed E-state index contributed by atoms with van der Waals surface area (Å²) in [7, 11) is -3.69. The van der Waals surface area contributed by atoms with Crippen molar-refractivity contribution in [2.45, 2.75) is 17.4 Å². The molecular formula is C21H21IN2O7S. The SMILES string of the molecule is CCOc1cc(C(I)(CS(C)(=O)=O)N2C(=O)c3cccc(NC(C)=O)c3C2=O)ccc1O. The fourth-order valence-corrected chi connectivity index (χ4v) is 7.01. The van der Waals surface area contributed by atoms with Crippen molar-refractivity contribution in [3.63, 3.8) is 0 Å². The van der Waals surface area contributed by atoms with Crippen LogP contribution >= 0.6 is 22.6 Å². The summed E-state index contributed by atoms with van der Waals surface area (Å²) in [6.45, 7) is 3.23. The molecule has 1 atom stereocenters. The molecule has 2 aromatic carbocycles. The Kier molecular flexibility index (Phi) is 6.52. The molecule has 11 heteroatoms. The first-order valence-electron chi connectivity index (χ1n) is 9.51. The van der Waals surface area contributed by atoms with Crippen molar-refractivity contribution in [3.05, 3.63) is 53.1 Å². The Morgan fingerprint density at radius 3 is 2.50 bits per heavy atom. The molecule has 0 bridgehead atoms. The molecule has 1 heterocycles. The molecule has 2 N–H and O–H groups in total. The van der Waals surface area contributed by atoms with Gasteiger partial charge in [0.15, 0.2) is 21.3 Å². The number of nitrogens with zero attached hydrogens (tertiary/aromatic N) is 1. The third-order valence-corrected chi connectivity index (χ3v) is 7.68. The zero-order valence-electron chi connectivity index (χ0n) is 17.5. The van der Waals surface area contributed by atoms with Gasteiger partial charge in [-0.05, 0) is 59.3 Å². The third-order valence-electron chi connectivity index (χ3n) is 4.74. The van der Waals surface area contributed by atoms with Crippen LogP contribution in [0.25, 0.3) is 0 Å². The molecule has 0 radical (unpaired) electrons. The average molecular weight is 572 g/mol. The summed E-state index contributed by atoms with van der Waals surface area (Å²) in [5, 5.41) is 12.6. The second-order valence-electron chi connectivity index (χ2n) is 7.30. The Labute approximate surface area is 198 Å². The summed E-state index contributed by atoms with van der Waals surface area (Å²) >= 11 is 1.77. The lowest BCUT2D eigenvalue weighted by molar-refractivity contribution is -0.114. The van der Waals surface area contributed by atoms with E-state index in [0.717, 1.165) is 11.2 Å². The number of fused-ring (bicyclic) bond motifs is 1. The van der Waals surface area contributed by atoms with Gasteiger partial charge in [0.25, 0.3) is 11.8 Å². The van der Waals surface area contributed by atoms with E-state index in [1.165, 1.54) is 43.3 Å². The fraction of sp³-hybridized carbons (Fsp3) is 0.286. The number of hydrogen-bond acceptors (Lipinski definition) is 7. The zero-order valence-corrected chi connectivity index (χ0v) is 20.5. The highest BCUT2D eigenvalue weighted by molar-refractivity contribution is 14.1. The number of carbonyl (C=O) groups is 3. The predicted molar refractivity (Wildman–Crippen MR) is 126 cm³/mol. The van der Waals surface area contributed by atoms with Crippen LogP contribution < -0.4 is 10.1 Å². The van der Waals surface area contributed by atoms with E-state index in [4.69, 9.17) is 4.74 Å². The molecule has 1 aliphatic rings. The van der Waals surface area contributed by atoms with Crippen molar-refractivity contribution in [2.75, 3.05) is 23.9 Å². The molecule has 3 rings (SSSR count). The van der Waals surface area contributed by atoms with Gasteiger partial charge >= 0.3 is 0 Å². The van der Waals surface area contributed by atoms with Crippen molar-refractivity contribution in [2.24, 2.45) is 0 Å². The molecule has 0 saturated heterocycles. The van der Waals surface area contributed by atoms with E-state index >= 15 is 0 Å². The molecule has 3 amide bonds. The summed E-state index contributed by atoms with van der Waals surface area (Å²) in [4.78, 5) is 39.3. The number of nitrogens with one attached hydrogen (secondary N) is 1. The van der Waals surface area contributed by atoms with Crippen molar-refractivity contribution < 1.29 is 32.6 Å². The van der Waals surface area contributed by atoms with E-state index < -0.39 is 36.9 Å². The van der Waals surface area contributed by atoms with Crippen LogP contribution in [0.2, 0.25) is 0 Å². The normalized spacial score (nSPS) is 15.3. The van der Waals surface area contributed by atoms with Gasteiger partial charge in [-0.2, -0.15) is 0 Å². The van der Waals surface area contributed by atoms with Crippen molar-refractivity contribution in [3.8, 4) is 11.5 Å². The molecule has 0 saturated carbocycles. The molecule has 1 unspecified atom stereocenters. The molecule has 32 heavy (non-hydrogen) atoms. The first kappa shape index (κ1) is 24.0. The van der Waals surface area contributed by atoms with Gasteiger partial charge < -0.3 is 15.2 Å². The highest BCUT2D eigenvalue weighted by Crippen LogP contribution is 2.45. The molecule has 0 aliphatic carbocycles. The number of carbonyl (C=O) groups excluding carboxylic acids is 3. The minimum absolute atomic E-state index is 0.00829. The Balaban J connectivity index is 2.21. The number of hydrogen-bond donors (Lipinski definition) is 2. The van der Waals surface area contributed by atoms with E-state index in [-0.39, 0.29) is 40.5 Å². The Morgan fingerprint density at radius 1 is 1.22 bits per heavy atom. The summed E-state index contributed by atoms with van der Waals surface area (Å²) in [5.74, 6) is -2.50. The van der Waals surface area contributed by atoms with Crippen LogP contribution in [-0.4, -0.2) is 54.8 Å². The third kappa shape index (κ3) is 4.44. The van der Waals surface area contributed by atoms with Crippen molar-refractivity contribution in [1.82, 2.24) is 4.90 Å². The van der Waals surface area contributed by atoms with Gasteiger partial charge in [-0.3, -0.25) is 19.3 Å². The molecule has 9 nitrogen and oxygen atoms in total. The lowest BCUT2D eigenvalue weighted by Crippen LogP contribution is -2.49. The van der Waals surface area contributed by atoms with Crippen LogP contribution in [0.1, 0.15) is 40.1 Å². The standard InChI is InChI=1S/C21H21IN2O7S/c1-4-31-17-10-13(8-9-16(17)26)21(22,11-32(3,29)30)24-19(27)14-6-5-7-15(23-12(2)25)18(14)20(24)28/h5-10,26H,4,11H2,1-3H3,(H,23,25). The minimum atomic E-state index is -3.69. The fourth-order valence-electron chi connectivity index (χ4n) is 3.55. The Morgan fingerprint density at radius 2 is 1.91 bits per heavy atom. The lowest BCUT2D eigenvalue weighted by atomic mass is 10.1. The summed E-state index contributed by atoms with van der Waals surface area (Å²) in [6, 6.07) is 8.63. The number of rotatable bonds is 7. The van der Waals surface area contributed by atoms with Crippen molar-refractivity contribution >= 4 is 55.8 Å². The Hall–Kier alpha value is -2.67. The van der Waals surface area contributed by atoms with Gasteiger partial charge in [-0.1, -0.05) is 12.1 Å². The molecule has 170 valence electrons. The van der Waals surface area contributed by atoms with Crippen LogP contribution in [0.15, 0.2) is 36.4 Å². The number of anilines is 1. The van der Waals surface area contributed by atoms with Crippen LogP contribution in [0, 0.1) is 0 Å². The number of phenolic OH excluding ortho intramolecular Hbond substituents is 1. The number of halogens is 1. The van der Waals surface area contributed by atoms with Gasteiger partial charge in [0.2, 0.25) is 5.91 Å². The maximum absolute atomic E-state index is 13.5. The van der Waals surface area contributed by atoms with E-state index in [1.807, 2.05) is 0 Å². The monoisotopic (exact) mass is 572 g/mol. The second kappa shape index (κ2) is 8.70. The van der Waals surface area contributed by atoms with E-state index in [2.05, 4.69) is 5.32 Å².